The van der Waals surface area contributed by atoms with Crippen molar-refractivity contribution in [3.63, 3.8) is 0 Å². The van der Waals surface area contributed by atoms with Crippen LogP contribution in [0.3, 0.4) is 0 Å². The van der Waals surface area contributed by atoms with Gasteiger partial charge in [-0.05, 0) is 47.4 Å². The Morgan fingerprint density at radius 1 is 0.960 bits per heavy atom. The standard InChI is InChI=1S/C18H16F4N2O/c1-17(2,3)14-8-11(9-15(16(14)25)18(20,21)22)10-23-24-13-6-4-12(19)5-7-13/h4-10H,1-3H3/b11-10-,24-23?. The number of alkyl halides is 3. The highest BCUT2D eigenvalue weighted by Crippen LogP contribution is 2.38. The lowest BCUT2D eigenvalue weighted by Gasteiger charge is -2.26. The Balaban J connectivity index is 2.39. The fraction of sp³-hybridized carbons (Fsp3) is 0.278. The van der Waals surface area contributed by atoms with Crippen LogP contribution in [-0.4, -0.2) is 12.0 Å². The minimum Gasteiger partial charge on any atom is -0.289 e. The fourth-order valence-corrected chi connectivity index (χ4v) is 2.16. The van der Waals surface area contributed by atoms with Crippen molar-refractivity contribution in [3.05, 3.63) is 65.2 Å². The first-order chi connectivity index (χ1) is 11.5. The van der Waals surface area contributed by atoms with Crippen molar-refractivity contribution in [2.24, 2.45) is 15.6 Å². The quantitative estimate of drug-likeness (QED) is 0.487. The number of carbonyl (C=O) groups is 1. The molecule has 0 saturated heterocycles. The van der Waals surface area contributed by atoms with E-state index < -0.39 is 28.8 Å². The van der Waals surface area contributed by atoms with E-state index >= 15 is 0 Å². The molecule has 0 saturated carbocycles. The lowest BCUT2D eigenvalue weighted by atomic mass is 9.78. The van der Waals surface area contributed by atoms with E-state index in [1.54, 1.807) is 20.8 Å². The van der Waals surface area contributed by atoms with E-state index in [9.17, 15) is 22.4 Å². The summed E-state index contributed by atoms with van der Waals surface area (Å²) in [7, 11) is 0. The van der Waals surface area contributed by atoms with Gasteiger partial charge in [0.1, 0.15) is 11.4 Å². The molecular formula is C18H16F4N2O. The molecule has 0 bridgehead atoms. The number of hydrogen-bond acceptors (Lipinski definition) is 3. The Morgan fingerprint density at radius 2 is 1.52 bits per heavy atom. The third kappa shape index (κ3) is 4.71. The molecule has 0 fully saturated rings. The van der Waals surface area contributed by atoms with E-state index in [4.69, 9.17) is 0 Å². The van der Waals surface area contributed by atoms with Gasteiger partial charge in [0.05, 0.1) is 11.9 Å². The van der Waals surface area contributed by atoms with Gasteiger partial charge in [-0.25, -0.2) is 4.39 Å². The highest BCUT2D eigenvalue weighted by atomic mass is 19.4. The van der Waals surface area contributed by atoms with Crippen molar-refractivity contribution in [1.82, 2.24) is 0 Å². The molecule has 25 heavy (non-hydrogen) atoms. The fourth-order valence-electron chi connectivity index (χ4n) is 2.16. The van der Waals surface area contributed by atoms with Crippen LogP contribution in [0.1, 0.15) is 20.8 Å². The lowest BCUT2D eigenvalue weighted by molar-refractivity contribution is -0.126. The van der Waals surface area contributed by atoms with Crippen molar-refractivity contribution >= 4 is 11.5 Å². The molecule has 132 valence electrons. The number of hydrogen-bond donors (Lipinski definition) is 0. The van der Waals surface area contributed by atoms with E-state index in [-0.39, 0.29) is 11.1 Å². The number of ketones is 1. The summed E-state index contributed by atoms with van der Waals surface area (Å²) in [4.78, 5) is 12.1. The average molecular weight is 352 g/mol. The Hall–Kier alpha value is -2.57. The predicted molar refractivity (Wildman–Crippen MR) is 85.7 cm³/mol. The van der Waals surface area contributed by atoms with Crippen LogP contribution in [0.25, 0.3) is 0 Å². The molecule has 0 aromatic heterocycles. The molecule has 2 rings (SSSR count). The maximum Gasteiger partial charge on any atom is 0.420 e. The van der Waals surface area contributed by atoms with Crippen LogP contribution in [0, 0.1) is 11.2 Å². The molecule has 0 atom stereocenters. The number of carbonyl (C=O) groups excluding carboxylic acids is 1. The van der Waals surface area contributed by atoms with Gasteiger partial charge in [-0.2, -0.15) is 23.4 Å². The molecule has 0 aliphatic heterocycles. The summed E-state index contributed by atoms with van der Waals surface area (Å²) in [6.45, 7) is 4.98. The number of allylic oxidation sites excluding steroid dienone is 5. The first-order valence-electron chi connectivity index (χ1n) is 7.41. The first kappa shape index (κ1) is 18.8. The normalized spacial score (nSPS) is 17.9. The van der Waals surface area contributed by atoms with Crippen molar-refractivity contribution in [3.8, 4) is 0 Å². The molecular weight excluding hydrogens is 336 g/mol. The van der Waals surface area contributed by atoms with Gasteiger partial charge in [0.2, 0.25) is 0 Å². The summed E-state index contributed by atoms with van der Waals surface area (Å²) >= 11 is 0. The smallest absolute Gasteiger partial charge is 0.289 e. The van der Waals surface area contributed by atoms with E-state index in [1.165, 1.54) is 30.3 Å². The van der Waals surface area contributed by atoms with Gasteiger partial charge < -0.3 is 0 Å². The van der Waals surface area contributed by atoms with Crippen molar-refractivity contribution in [1.29, 1.82) is 0 Å². The highest BCUT2D eigenvalue weighted by molar-refractivity contribution is 6.11. The maximum atomic E-state index is 13.1. The van der Waals surface area contributed by atoms with Gasteiger partial charge in [0, 0.05) is 5.57 Å². The molecule has 0 radical (unpaired) electrons. The van der Waals surface area contributed by atoms with Crippen molar-refractivity contribution in [2.45, 2.75) is 26.9 Å². The SMILES string of the molecule is CC(C)(C)C1=C/C(=C/N=Nc2ccc(F)cc2)C=C(C(F)(F)F)C1=O. The van der Waals surface area contributed by atoms with E-state index in [2.05, 4.69) is 10.2 Å². The Morgan fingerprint density at radius 3 is 2.04 bits per heavy atom. The topological polar surface area (TPSA) is 41.8 Å². The number of halogens is 4. The molecule has 1 aromatic rings. The molecule has 1 aliphatic rings. The molecule has 0 spiro atoms. The maximum absolute atomic E-state index is 13.1. The summed E-state index contributed by atoms with van der Waals surface area (Å²) in [5, 5.41) is 7.52. The first-order valence-corrected chi connectivity index (χ1v) is 7.41. The monoisotopic (exact) mass is 352 g/mol. The van der Waals surface area contributed by atoms with Gasteiger partial charge >= 0.3 is 6.18 Å². The molecule has 3 nitrogen and oxygen atoms in total. The van der Waals surface area contributed by atoms with Gasteiger partial charge in [-0.15, -0.1) is 0 Å². The summed E-state index contributed by atoms with van der Waals surface area (Å²) in [5.41, 5.74) is -1.48. The van der Waals surface area contributed by atoms with Crippen LogP contribution in [0.15, 0.2) is 69.6 Å². The number of Topliss-reactive ketones (excluding diaryl/α,β-unsaturated/α-hetero) is 1. The minimum atomic E-state index is -4.75. The number of benzene rings is 1. The minimum absolute atomic E-state index is 0.0468. The largest absolute Gasteiger partial charge is 0.420 e. The predicted octanol–water partition coefficient (Wildman–Crippen LogP) is 5.84. The van der Waals surface area contributed by atoms with Gasteiger partial charge in [0.25, 0.3) is 0 Å². The zero-order valence-corrected chi connectivity index (χ0v) is 13.9. The highest BCUT2D eigenvalue weighted by Gasteiger charge is 2.43. The Bertz CT molecular complexity index is 756. The van der Waals surface area contributed by atoms with Crippen molar-refractivity contribution < 1.29 is 22.4 Å². The number of azo groups is 1. The summed E-state index contributed by atoms with van der Waals surface area (Å²) < 4.78 is 52.2. The lowest BCUT2D eigenvalue weighted by Crippen LogP contribution is -2.29. The van der Waals surface area contributed by atoms with Crippen LogP contribution < -0.4 is 0 Å². The van der Waals surface area contributed by atoms with Crippen LogP contribution in [-0.2, 0) is 4.79 Å². The Kier molecular flexibility index (Phi) is 5.06. The van der Waals surface area contributed by atoms with Crippen LogP contribution >= 0.6 is 0 Å². The van der Waals surface area contributed by atoms with Crippen molar-refractivity contribution in [2.75, 3.05) is 0 Å². The Labute approximate surface area is 142 Å². The molecule has 1 aromatic carbocycles. The second kappa shape index (κ2) is 6.74. The zero-order valence-electron chi connectivity index (χ0n) is 13.9. The van der Waals surface area contributed by atoms with Gasteiger partial charge in [0.15, 0.2) is 5.78 Å². The summed E-state index contributed by atoms with van der Waals surface area (Å²) in [6, 6.07) is 5.16. The van der Waals surface area contributed by atoms with Gasteiger partial charge in [-0.3, -0.25) is 4.79 Å². The molecule has 1 aliphatic carbocycles. The van der Waals surface area contributed by atoms with E-state index in [1.807, 2.05) is 0 Å². The third-order valence-electron chi connectivity index (χ3n) is 3.43. The molecule has 7 heteroatoms. The second-order valence-corrected chi connectivity index (χ2v) is 6.51. The van der Waals surface area contributed by atoms with E-state index in [0.29, 0.717) is 5.69 Å². The zero-order chi connectivity index (χ0) is 18.8. The van der Waals surface area contributed by atoms with E-state index in [0.717, 1.165) is 12.3 Å². The van der Waals surface area contributed by atoms with Crippen LogP contribution in [0.5, 0.6) is 0 Å². The third-order valence-corrected chi connectivity index (χ3v) is 3.43. The summed E-state index contributed by atoms with van der Waals surface area (Å²) in [5.74, 6) is -1.47. The molecule has 0 N–H and O–H groups in total. The van der Waals surface area contributed by atoms with Gasteiger partial charge in [-0.1, -0.05) is 20.8 Å². The average Bonchev–Trinajstić information content (AvgIpc) is 2.48. The molecule has 0 amide bonds. The van der Waals surface area contributed by atoms with Crippen LogP contribution in [0.2, 0.25) is 0 Å². The van der Waals surface area contributed by atoms with Crippen LogP contribution in [0.4, 0.5) is 23.2 Å². The summed E-state index contributed by atoms with van der Waals surface area (Å²) in [6.07, 6.45) is -1.50. The number of nitrogens with zero attached hydrogens (tertiary/aromatic N) is 2. The second-order valence-electron chi connectivity index (χ2n) is 6.51. The number of rotatable bonds is 2. The molecule has 0 heterocycles. The molecule has 0 unspecified atom stereocenters.